The fourth-order valence-electron chi connectivity index (χ4n) is 2.34. The molecule has 0 aliphatic heterocycles. The van der Waals surface area contributed by atoms with E-state index >= 15 is 0 Å². The molecule has 114 valence electrons. The van der Waals surface area contributed by atoms with Gasteiger partial charge < -0.3 is 5.32 Å². The molecular weight excluding hydrogens is 270 g/mol. The van der Waals surface area contributed by atoms with Crippen molar-refractivity contribution in [1.29, 1.82) is 0 Å². The largest absolute Gasteiger partial charge is 0.309 e. The minimum atomic E-state index is -3.17. The van der Waals surface area contributed by atoms with Crippen LogP contribution in [0, 0.1) is 5.92 Å². The van der Waals surface area contributed by atoms with Gasteiger partial charge in [0.05, 0.1) is 10.5 Å². The molecule has 0 aromatic heterocycles. The highest BCUT2D eigenvalue weighted by molar-refractivity contribution is 7.92. The van der Waals surface area contributed by atoms with Crippen LogP contribution in [0.15, 0.2) is 30.3 Å². The molecular formula is C16H27NO2S. The third-order valence-electron chi connectivity index (χ3n) is 4.03. The molecule has 0 amide bonds. The third-order valence-corrected chi connectivity index (χ3v) is 6.92. The van der Waals surface area contributed by atoms with E-state index in [1.807, 2.05) is 65.0 Å². The lowest BCUT2D eigenvalue weighted by Crippen LogP contribution is -2.40. The van der Waals surface area contributed by atoms with Crippen LogP contribution in [0.1, 0.15) is 46.2 Å². The summed E-state index contributed by atoms with van der Waals surface area (Å²) < 4.78 is 25.4. The van der Waals surface area contributed by atoms with Crippen molar-refractivity contribution in [1.82, 2.24) is 5.32 Å². The van der Waals surface area contributed by atoms with Gasteiger partial charge in [0.2, 0.25) is 0 Å². The summed E-state index contributed by atoms with van der Waals surface area (Å²) in [5.74, 6) is 0.125. The summed E-state index contributed by atoms with van der Waals surface area (Å²) in [6.07, 6.45) is 0. The van der Waals surface area contributed by atoms with Gasteiger partial charge in [-0.05, 0) is 31.9 Å². The van der Waals surface area contributed by atoms with E-state index < -0.39 is 15.1 Å². The molecule has 1 N–H and O–H groups in total. The molecule has 1 rings (SSSR count). The van der Waals surface area contributed by atoms with Gasteiger partial charge in [-0.1, -0.05) is 51.1 Å². The van der Waals surface area contributed by atoms with Gasteiger partial charge in [0.15, 0.2) is 9.84 Å². The third kappa shape index (κ3) is 3.83. The van der Waals surface area contributed by atoms with Crippen molar-refractivity contribution in [3.63, 3.8) is 0 Å². The standard InChI is InChI=1S/C16H27NO2S/c1-6-17-16(15-10-8-7-9-11-15)14(5)20(18,19)13(4)12(2)3/h7-14,16-17H,6H2,1-5H3. The number of sulfone groups is 1. The number of hydrogen-bond acceptors (Lipinski definition) is 3. The first-order chi connectivity index (χ1) is 9.32. The summed E-state index contributed by atoms with van der Waals surface area (Å²) >= 11 is 0. The fourth-order valence-corrected chi connectivity index (χ4v) is 4.41. The maximum atomic E-state index is 12.7. The van der Waals surface area contributed by atoms with Crippen LogP contribution in [0.5, 0.6) is 0 Å². The molecule has 0 radical (unpaired) electrons. The highest BCUT2D eigenvalue weighted by Gasteiger charge is 2.35. The fraction of sp³-hybridized carbons (Fsp3) is 0.625. The summed E-state index contributed by atoms with van der Waals surface area (Å²) in [6.45, 7) is 10.3. The zero-order valence-corrected chi connectivity index (χ0v) is 13.9. The summed E-state index contributed by atoms with van der Waals surface area (Å²) in [7, 11) is -3.17. The molecule has 0 saturated carbocycles. The highest BCUT2D eigenvalue weighted by Crippen LogP contribution is 2.27. The molecule has 0 spiro atoms. The van der Waals surface area contributed by atoms with E-state index in [1.54, 1.807) is 0 Å². The first-order valence-electron chi connectivity index (χ1n) is 7.33. The van der Waals surface area contributed by atoms with E-state index in [-0.39, 0.29) is 17.2 Å². The zero-order valence-electron chi connectivity index (χ0n) is 13.1. The maximum Gasteiger partial charge on any atom is 0.157 e. The predicted octanol–water partition coefficient (Wildman–Crippen LogP) is 3.19. The van der Waals surface area contributed by atoms with Crippen molar-refractivity contribution in [2.45, 2.75) is 51.2 Å². The molecule has 1 aromatic rings. The molecule has 0 aliphatic carbocycles. The Bertz CT molecular complexity index is 496. The number of nitrogens with one attached hydrogen (secondary N) is 1. The van der Waals surface area contributed by atoms with Crippen LogP contribution in [0.2, 0.25) is 0 Å². The Morgan fingerprint density at radius 2 is 1.55 bits per heavy atom. The maximum absolute atomic E-state index is 12.7. The van der Waals surface area contributed by atoms with Crippen molar-refractivity contribution in [3.05, 3.63) is 35.9 Å². The van der Waals surface area contributed by atoms with E-state index in [0.717, 1.165) is 12.1 Å². The second-order valence-corrected chi connectivity index (χ2v) is 8.35. The van der Waals surface area contributed by atoms with Gasteiger partial charge in [0.1, 0.15) is 0 Å². The topological polar surface area (TPSA) is 46.2 Å². The molecule has 3 atom stereocenters. The smallest absolute Gasteiger partial charge is 0.157 e. The average Bonchev–Trinajstić information content (AvgIpc) is 2.43. The molecule has 3 unspecified atom stereocenters. The van der Waals surface area contributed by atoms with E-state index in [4.69, 9.17) is 0 Å². The lowest BCUT2D eigenvalue weighted by atomic mass is 10.0. The normalized spacial score (nSPS) is 16.9. The first-order valence-corrected chi connectivity index (χ1v) is 8.94. The number of benzene rings is 1. The summed E-state index contributed by atoms with van der Waals surface area (Å²) in [5, 5.41) is 2.55. The molecule has 3 nitrogen and oxygen atoms in total. The second-order valence-electron chi connectivity index (χ2n) is 5.69. The Balaban J connectivity index is 3.10. The Kier molecular flexibility index (Phi) is 6.21. The van der Waals surface area contributed by atoms with Crippen LogP contribution >= 0.6 is 0 Å². The minimum Gasteiger partial charge on any atom is -0.309 e. The van der Waals surface area contributed by atoms with Crippen LogP contribution in [0.3, 0.4) is 0 Å². The highest BCUT2D eigenvalue weighted by atomic mass is 32.2. The Labute approximate surface area is 123 Å². The molecule has 1 aromatic carbocycles. The van der Waals surface area contributed by atoms with Crippen molar-refractivity contribution in [2.24, 2.45) is 5.92 Å². The van der Waals surface area contributed by atoms with Crippen molar-refractivity contribution >= 4 is 9.84 Å². The molecule has 20 heavy (non-hydrogen) atoms. The molecule has 4 heteroatoms. The molecule has 0 aliphatic rings. The van der Waals surface area contributed by atoms with Gasteiger partial charge in [-0.25, -0.2) is 8.42 Å². The van der Waals surface area contributed by atoms with Crippen LogP contribution < -0.4 is 5.32 Å². The molecule has 0 saturated heterocycles. The van der Waals surface area contributed by atoms with E-state index in [1.165, 1.54) is 0 Å². The summed E-state index contributed by atoms with van der Waals surface area (Å²) in [4.78, 5) is 0. The van der Waals surface area contributed by atoms with Gasteiger partial charge in [0, 0.05) is 6.04 Å². The van der Waals surface area contributed by atoms with Gasteiger partial charge >= 0.3 is 0 Å². The van der Waals surface area contributed by atoms with Gasteiger partial charge in [-0.15, -0.1) is 0 Å². The minimum absolute atomic E-state index is 0.125. The molecule has 0 bridgehead atoms. The van der Waals surface area contributed by atoms with Gasteiger partial charge in [-0.3, -0.25) is 0 Å². The second kappa shape index (κ2) is 7.23. The van der Waals surface area contributed by atoms with Crippen LogP contribution in [-0.4, -0.2) is 25.5 Å². The lowest BCUT2D eigenvalue weighted by molar-refractivity contribution is 0.489. The monoisotopic (exact) mass is 297 g/mol. The molecule has 0 fully saturated rings. The van der Waals surface area contributed by atoms with Gasteiger partial charge in [0.25, 0.3) is 0 Å². The van der Waals surface area contributed by atoms with Crippen LogP contribution in [-0.2, 0) is 9.84 Å². The van der Waals surface area contributed by atoms with Crippen molar-refractivity contribution < 1.29 is 8.42 Å². The first kappa shape index (κ1) is 17.2. The van der Waals surface area contributed by atoms with Crippen molar-refractivity contribution in [3.8, 4) is 0 Å². The van der Waals surface area contributed by atoms with E-state index in [2.05, 4.69) is 5.32 Å². The van der Waals surface area contributed by atoms with Crippen LogP contribution in [0.4, 0.5) is 0 Å². The summed E-state index contributed by atoms with van der Waals surface area (Å²) in [5.41, 5.74) is 1.03. The number of rotatable bonds is 7. The predicted molar refractivity (Wildman–Crippen MR) is 85.5 cm³/mol. The van der Waals surface area contributed by atoms with Crippen molar-refractivity contribution in [2.75, 3.05) is 6.54 Å². The lowest BCUT2D eigenvalue weighted by Gasteiger charge is -2.29. The Hall–Kier alpha value is -0.870. The Morgan fingerprint density at radius 1 is 1.00 bits per heavy atom. The van der Waals surface area contributed by atoms with E-state index in [9.17, 15) is 8.42 Å². The van der Waals surface area contributed by atoms with E-state index in [0.29, 0.717) is 0 Å². The average molecular weight is 297 g/mol. The quantitative estimate of drug-likeness (QED) is 0.841. The Morgan fingerprint density at radius 3 is 2.00 bits per heavy atom. The van der Waals surface area contributed by atoms with Gasteiger partial charge in [-0.2, -0.15) is 0 Å². The molecule has 0 heterocycles. The summed E-state index contributed by atoms with van der Waals surface area (Å²) in [6, 6.07) is 9.66. The zero-order chi connectivity index (χ0) is 15.3. The number of hydrogen-bond donors (Lipinski definition) is 1. The SMILES string of the molecule is CCNC(c1ccccc1)C(C)S(=O)(=O)C(C)C(C)C. The van der Waals surface area contributed by atoms with Crippen LogP contribution in [0.25, 0.3) is 0 Å².